The molecule has 0 aliphatic carbocycles. The highest BCUT2D eigenvalue weighted by molar-refractivity contribution is 6.36. The van der Waals surface area contributed by atoms with Crippen LogP contribution in [0.2, 0.25) is 10.0 Å². The van der Waals surface area contributed by atoms with Gasteiger partial charge >= 0.3 is 0 Å². The van der Waals surface area contributed by atoms with E-state index in [1.54, 1.807) is 17.0 Å². The third kappa shape index (κ3) is 3.68. The van der Waals surface area contributed by atoms with E-state index in [-0.39, 0.29) is 24.5 Å². The van der Waals surface area contributed by atoms with Gasteiger partial charge in [-0.25, -0.2) is 0 Å². The Morgan fingerprint density at radius 2 is 1.97 bits per heavy atom. The van der Waals surface area contributed by atoms with Crippen LogP contribution in [0, 0.1) is 6.92 Å². The Morgan fingerprint density at radius 1 is 1.19 bits per heavy atom. The molecule has 0 atom stereocenters. The van der Waals surface area contributed by atoms with Gasteiger partial charge in [0.1, 0.15) is 17.0 Å². The quantitative estimate of drug-likeness (QED) is 0.539. The number of carbonyl (C=O) groups excluding carboxylic acids is 2. The maximum atomic E-state index is 12.9. The first-order chi connectivity index (χ1) is 14.8. The first-order valence-corrected chi connectivity index (χ1v) is 10.9. The molecule has 1 aromatic heterocycles. The molecule has 0 unspecified atom stereocenters. The van der Waals surface area contributed by atoms with Gasteiger partial charge in [-0.1, -0.05) is 40.0 Å². The predicted octanol–water partition coefficient (Wildman–Crippen LogP) is 5.01. The number of halogens is 2. The van der Waals surface area contributed by atoms with Gasteiger partial charge in [0.25, 0.3) is 0 Å². The number of piperidine rings is 1. The van der Waals surface area contributed by atoms with Crippen LogP contribution >= 0.6 is 23.2 Å². The molecule has 0 radical (unpaired) electrons. The second-order valence-corrected chi connectivity index (χ2v) is 9.18. The molecular weight excluding hydrogens is 439 g/mol. The maximum Gasteiger partial charge on any atom is 0.228 e. The number of rotatable bonds is 2. The summed E-state index contributed by atoms with van der Waals surface area (Å²) < 4.78 is 11.6. The standard InChI is InChI=1S/C23H20Cl2N2O4/c1-13-2-3-20-15(8-13)18(26-31-20)11-21(29)27-6-4-23(5-7-27)12-19(28)16-9-14(24)10-17(25)22(16)30-23/h2-3,8-10H,4-7,11-12H2,1H3. The minimum atomic E-state index is -0.643. The molecule has 2 aliphatic rings. The van der Waals surface area contributed by atoms with Gasteiger partial charge in [0, 0.05) is 36.3 Å². The number of nitrogens with zero attached hydrogens (tertiary/aromatic N) is 2. The number of fused-ring (bicyclic) bond motifs is 2. The Balaban J connectivity index is 1.29. The lowest BCUT2D eigenvalue weighted by atomic mass is 9.82. The molecular formula is C23H20Cl2N2O4. The van der Waals surface area contributed by atoms with Crippen molar-refractivity contribution in [3.63, 3.8) is 0 Å². The minimum absolute atomic E-state index is 0.0149. The first kappa shape index (κ1) is 20.3. The molecule has 3 heterocycles. The van der Waals surface area contributed by atoms with Gasteiger partial charge in [-0.15, -0.1) is 0 Å². The topological polar surface area (TPSA) is 72.6 Å². The van der Waals surface area contributed by atoms with E-state index in [0.29, 0.717) is 58.6 Å². The van der Waals surface area contributed by atoms with Gasteiger partial charge < -0.3 is 14.2 Å². The Labute approximate surface area is 189 Å². The normalized spacial score (nSPS) is 17.6. The lowest BCUT2D eigenvalue weighted by Gasteiger charge is -2.44. The zero-order valence-electron chi connectivity index (χ0n) is 16.9. The van der Waals surface area contributed by atoms with Crippen molar-refractivity contribution in [2.24, 2.45) is 0 Å². The van der Waals surface area contributed by atoms with Crippen molar-refractivity contribution in [3.8, 4) is 5.75 Å². The smallest absolute Gasteiger partial charge is 0.228 e. The SMILES string of the molecule is Cc1ccc2onc(CC(=O)N3CCC4(CC3)CC(=O)c3cc(Cl)cc(Cl)c3O4)c2c1. The summed E-state index contributed by atoms with van der Waals surface area (Å²) in [5.41, 5.74) is 2.19. The van der Waals surface area contributed by atoms with Crippen LogP contribution < -0.4 is 4.74 Å². The summed E-state index contributed by atoms with van der Waals surface area (Å²) in [6.07, 6.45) is 1.55. The molecule has 6 nitrogen and oxygen atoms in total. The van der Waals surface area contributed by atoms with Crippen LogP contribution in [0.4, 0.5) is 0 Å². The highest BCUT2D eigenvalue weighted by atomic mass is 35.5. The van der Waals surface area contributed by atoms with Gasteiger partial charge in [0.05, 0.1) is 23.4 Å². The number of amides is 1. The number of likely N-dealkylation sites (tertiary alicyclic amines) is 1. The number of hydrogen-bond acceptors (Lipinski definition) is 5. The van der Waals surface area contributed by atoms with Crippen molar-refractivity contribution >= 4 is 45.9 Å². The van der Waals surface area contributed by atoms with Crippen molar-refractivity contribution in [1.82, 2.24) is 10.1 Å². The van der Waals surface area contributed by atoms with Crippen molar-refractivity contribution in [3.05, 3.63) is 57.2 Å². The Kier molecular flexibility index (Phi) is 4.94. The summed E-state index contributed by atoms with van der Waals surface area (Å²) in [4.78, 5) is 27.5. The zero-order chi connectivity index (χ0) is 21.8. The van der Waals surface area contributed by atoms with Crippen LogP contribution in [0.3, 0.4) is 0 Å². The number of ether oxygens (including phenoxy) is 1. The number of benzene rings is 2. The zero-order valence-corrected chi connectivity index (χ0v) is 18.4. The van der Waals surface area contributed by atoms with Gasteiger partial charge in [0.15, 0.2) is 11.4 Å². The van der Waals surface area contributed by atoms with Crippen molar-refractivity contribution < 1.29 is 18.8 Å². The molecule has 1 fully saturated rings. The number of aromatic nitrogens is 1. The molecule has 0 saturated carbocycles. The Morgan fingerprint density at radius 3 is 2.74 bits per heavy atom. The number of hydrogen-bond donors (Lipinski definition) is 0. The van der Waals surface area contributed by atoms with Crippen LogP contribution in [0.15, 0.2) is 34.9 Å². The predicted molar refractivity (Wildman–Crippen MR) is 117 cm³/mol. The summed E-state index contributed by atoms with van der Waals surface area (Å²) in [5, 5.41) is 5.70. The van der Waals surface area contributed by atoms with Gasteiger partial charge in [-0.05, 0) is 31.2 Å². The molecule has 160 valence electrons. The summed E-state index contributed by atoms with van der Waals surface area (Å²) in [6.45, 7) is 2.99. The average Bonchev–Trinajstić information content (AvgIpc) is 3.11. The highest BCUT2D eigenvalue weighted by Gasteiger charge is 2.44. The van der Waals surface area contributed by atoms with E-state index in [9.17, 15) is 9.59 Å². The van der Waals surface area contributed by atoms with E-state index >= 15 is 0 Å². The van der Waals surface area contributed by atoms with Crippen LogP contribution in [0.1, 0.15) is 40.9 Å². The molecule has 1 spiro atoms. The van der Waals surface area contributed by atoms with Crippen LogP contribution in [0.25, 0.3) is 11.0 Å². The van der Waals surface area contributed by atoms with E-state index in [4.69, 9.17) is 32.5 Å². The number of ketones is 1. The second-order valence-electron chi connectivity index (χ2n) is 8.34. The molecule has 2 aromatic carbocycles. The van der Waals surface area contributed by atoms with E-state index in [1.165, 1.54) is 0 Å². The minimum Gasteiger partial charge on any atom is -0.484 e. The molecule has 2 aliphatic heterocycles. The van der Waals surface area contributed by atoms with Crippen LogP contribution in [-0.4, -0.2) is 40.4 Å². The lowest BCUT2D eigenvalue weighted by molar-refractivity contribution is -0.134. The number of aryl methyl sites for hydroxylation is 1. The van der Waals surface area contributed by atoms with Crippen LogP contribution in [-0.2, 0) is 11.2 Å². The monoisotopic (exact) mass is 458 g/mol. The van der Waals surface area contributed by atoms with Crippen LogP contribution in [0.5, 0.6) is 5.75 Å². The molecule has 1 amide bonds. The van der Waals surface area contributed by atoms with E-state index < -0.39 is 5.60 Å². The molecule has 0 bridgehead atoms. The van der Waals surface area contributed by atoms with E-state index in [2.05, 4.69) is 5.16 Å². The Bertz CT molecular complexity index is 1210. The summed E-state index contributed by atoms with van der Waals surface area (Å²) in [5.74, 6) is 0.347. The highest BCUT2D eigenvalue weighted by Crippen LogP contribution is 2.44. The maximum absolute atomic E-state index is 12.9. The first-order valence-electron chi connectivity index (χ1n) is 10.2. The fraction of sp³-hybridized carbons (Fsp3) is 0.348. The molecule has 3 aromatic rings. The number of Topliss-reactive ketones (excluding diaryl/α,β-unsaturated/α-hetero) is 1. The fourth-order valence-corrected chi connectivity index (χ4v) is 4.97. The van der Waals surface area contributed by atoms with Crippen molar-refractivity contribution in [2.75, 3.05) is 13.1 Å². The Hall–Kier alpha value is -2.57. The van der Waals surface area contributed by atoms with Gasteiger partial charge in [0.2, 0.25) is 5.91 Å². The van der Waals surface area contributed by atoms with Crippen molar-refractivity contribution in [1.29, 1.82) is 0 Å². The molecule has 0 N–H and O–H groups in total. The third-order valence-electron chi connectivity index (χ3n) is 6.16. The average molecular weight is 459 g/mol. The third-order valence-corrected chi connectivity index (χ3v) is 6.66. The fourth-order valence-electron chi connectivity index (χ4n) is 4.44. The number of carbonyl (C=O) groups is 2. The lowest BCUT2D eigenvalue weighted by Crippen LogP contribution is -2.52. The molecule has 8 heteroatoms. The molecule has 31 heavy (non-hydrogen) atoms. The van der Waals surface area contributed by atoms with Crippen molar-refractivity contribution in [2.45, 2.75) is 38.2 Å². The van der Waals surface area contributed by atoms with E-state index in [0.717, 1.165) is 10.9 Å². The summed E-state index contributed by atoms with van der Waals surface area (Å²) in [7, 11) is 0. The summed E-state index contributed by atoms with van der Waals surface area (Å²) in [6, 6.07) is 8.98. The van der Waals surface area contributed by atoms with Gasteiger partial charge in [-0.2, -0.15) is 0 Å². The second kappa shape index (κ2) is 7.53. The van der Waals surface area contributed by atoms with Gasteiger partial charge in [-0.3, -0.25) is 9.59 Å². The van der Waals surface area contributed by atoms with E-state index in [1.807, 2.05) is 25.1 Å². The summed E-state index contributed by atoms with van der Waals surface area (Å²) >= 11 is 12.3. The molecule has 5 rings (SSSR count). The molecule has 1 saturated heterocycles. The largest absolute Gasteiger partial charge is 0.484 e.